The first-order valence-electron chi connectivity index (χ1n) is 6.96. The zero-order chi connectivity index (χ0) is 15.5. The van der Waals surface area contributed by atoms with Crippen molar-refractivity contribution in [2.24, 2.45) is 4.40 Å². The second kappa shape index (κ2) is 6.75. The molecular formula is C17H21NOS2. The molecule has 2 nitrogen and oxygen atoms in total. The van der Waals surface area contributed by atoms with Crippen LogP contribution in [0.1, 0.15) is 45.2 Å². The molecule has 0 saturated heterocycles. The van der Waals surface area contributed by atoms with E-state index in [0.717, 1.165) is 12.0 Å². The molecule has 1 aliphatic heterocycles. The van der Waals surface area contributed by atoms with Crippen molar-refractivity contribution in [3.63, 3.8) is 0 Å². The van der Waals surface area contributed by atoms with Crippen LogP contribution in [-0.4, -0.2) is 15.2 Å². The molecule has 112 valence electrons. The molecule has 1 atom stereocenters. The molecule has 1 aromatic rings. The smallest absolute Gasteiger partial charge is 0.144 e. The SMILES string of the molecule is CC1=C(c2ccc(/C=N/S(=O)C(C)(C)C)cc2)SC=CC1. The van der Waals surface area contributed by atoms with Gasteiger partial charge in [0.1, 0.15) is 11.0 Å². The Morgan fingerprint density at radius 1 is 1.24 bits per heavy atom. The summed E-state index contributed by atoms with van der Waals surface area (Å²) in [6.07, 6.45) is 4.91. The number of hydrogen-bond donors (Lipinski definition) is 0. The Kier molecular flexibility index (Phi) is 5.22. The van der Waals surface area contributed by atoms with Gasteiger partial charge in [-0.3, -0.25) is 0 Å². The van der Waals surface area contributed by atoms with Gasteiger partial charge in [0.25, 0.3) is 0 Å². The molecule has 0 N–H and O–H groups in total. The summed E-state index contributed by atoms with van der Waals surface area (Å²) in [4.78, 5) is 1.33. The Labute approximate surface area is 134 Å². The van der Waals surface area contributed by atoms with Gasteiger partial charge in [-0.1, -0.05) is 47.7 Å². The molecule has 1 unspecified atom stereocenters. The van der Waals surface area contributed by atoms with E-state index in [2.05, 4.69) is 34.9 Å². The van der Waals surface area contributed by atoms with Crippen LogP contribution in [0.3, 0.4) is 0 Å². The normalized spacial score (nSPS) is 17.5. The van der Waals surface area contributed by atoms with E-state index in [1.807, 2.05) is 32.9 Å². The zero-order valence-electron chi connectivity index (χ0n) is 12.9. The van der Waals surface area contributed by atoms with Crippen molar-refractivity contribution in [2.75, 3.05) is 0 Å². The van der Waals surface area contributed by atoms with Crippen LogP contribution in [0.25, 0.3) is 4.91 Å². The molecule has 1 aromatic carbocycles. The first kappa shape index (κ1) is 16.2. The second-order valence-corrected chi connectivity index (χ2v) is 8.87. The van der Waals surface area contributed by atoms with Gasteiger partial charge < -0.3 is 0 Å². The highest BCUT2D eigenvalue weighted by molar-refractivity contribution is 8.11. The van der Waals surface area contributed by atoms with E-state index >= 15 is 0 Å². The number of thioether (sulfide) groups is 1. The third-order valence-electron chi connectivity index (χ3n) is 3.09. The maximum atomic E-state index is 11.9. The Balaban J connectivity index is 2.13. The van der Waals surface area contributed by atoms with E-state index in [4.69, 9.17) is 0 Å². The Hall–Kier alpha value is -1.13. The molecule has 0 radical (unpaired) electrons. The summed E-state index contributed by atoms with van der Waals surface area (Å²) in [5, 5.41) is 2.14. The molecule has 1 aliphatic rings. The summed E-state index contributed by atoms with van der Waals surface area (Å²) >= 11 is 1.77. The van der Waals surface area contributed by atoms with Crippen molar-refractivity contribution < 1.29 is 4.21 Å². The number of rotatable bonds is 3. The zero-order valence-corrected chi connectivity index (χ0v) is 14.6. The highest BCUT2D eigenvalue weighted by atomic mass is 32.2. The quantitative estimate of drug-likeness (QED) is 0.738. The summed E-state index contributed by atoms with van der Waals surface area (Å²) < 4.78 is 15.7. The minimum atomic E-state index is -1.21. The van der Waals surface area contributed by atoms with Crippen LogP contribution >= 0.6 is 11.8 Å². The van der Waals surface area contributed by atoms with Gasteiger partial charge in [0.15, 0.2) is 0 Å². The topological polar surface area (TPSA) is 29.4 Å². The van der Waals surface area contributed by atoms with E-state index in [1.165, 1.54) is 16.0 Å². The van der Waals surface area contributed by atoms with E-state index in [-0.39, 0.29) is 4.75 Å². The molecule has 0 amide bonds. The molecule has 4 heteroatoms. The minimum Gasteiger partial charge on any atom is -0.234 e. The fourth-order valence-corrected chi connectivity index (χ4v) is 3.26. The van der Waals surface area contributed by atoms with Crippen LogP contribution in [0.5, 0.6) is 0 Å². The van der Waals surface area contributed by atoms with Crippen molar-refractivity contribution in [3.8, 4) is 0 Å². The highest BCUT2D eigenvalue weighted by Gasteiger charge is 2.18. The van der Waals surface area contributed by atoms with Crippen molar-refractivity contribution in [1.82, 2.24) is 0 Å². The van der Waals surface area contributed by atoms with Crippen LogP contribution < -0.4 is 0 Å². The van der Waals surface area contributed by atoms with Gasteiger partial charge in [0.2, 0.25) is 0 Å². The van der Waals surface area contributed by atoms with Crippen LogP contribution in [0, 0.1) is 0 Å². The van der Waals surface area contributed by atoms with Gasteiger partial charge in [0, 0.05) is 11.1 Å². The summed E-state index contributed by atoms with van der Waals surface area (Å²) in [7, 11) is -1.21. The predicted octanol–water partition coefficient (Wildman–Crippen LogP) is 4.95. The van der Waals surface area contributed by atoms with Crippen LogP contribution in [0.2, 0.25) is 0 Å². The number of hydrogen-bond acceptors (Lipinski definition) is 2. The largest absolute Gasteiger partial charge is 0.234 e. The first-order chi connectivity index (χ1) is 9.88. The van der Waals surface area contributed by atoms with E-state index in [9.17, 15) is 4.21 Å². The molecule has 0 aliphatic carbocycles. The summed E-state index contributed by atoms with van der Waals surface area (Å²) in [6, 6.07) is 8.26. The van der Waals surface area contributed by atoms with Crippen molar-refractivity contribution in [2.45, 2.75) is 38.9 Å². The lowest BCUT2D eigenvalue weighted by Gasteiger charge is -2.13. The molecule has 2 rings (SSSR count). The minimum absolute atomic E-state index is 0.316. The molecular weight excluding hydrogens is 298 g/mol. The average Bonchev–Trinajstić information content (AvgIpc) is 2.45. The summed E-state index contributed by atoms with van der Waals surface area (Å²) in [6.45, 7) is 7.94. The molecule has 21 heavy (non-hydrogen) atoms. The summed E-state index contributed by atoms with van der Waals surface area (Å²) in [5.74, 6) is 0. The van der Waals surface area contributed by atoms with Gasteiger partial charge in [-0.05, 0) is 50.7 Å². The second-order valence-electron chi connectivity index (χ2n) is 6.02. The highest BCUT2D eigenvalue weighted by Crippen LogP contribution is 2.36. The van der Waals surface area contributed by atoms with Crippen molar-refractivity contribution in [1.29, 1.82) is 0 Å². The van der Waals surface area contributed by atoms with Gasteiger partial charge in [-0.2, -0.15) is 4.40 Å². The Bertz CT molecular complexity index is 619. The van der Waals surface area contributed by atoms with E-state index in [1.54, 1.807) is 18.0 Å². The molecule has 0 fully saturated rings. The lowest BCUT2D eigenvalue weighted by Crippen LogP contribution is -2.19. The van der Waals surface area contributed by atoms with Crippen LogP contribution in [0.4, 0.5) is 0 Å². The maximum absolute atomic E-state index is 11.9. The lowest BCUT2D eigenvalue weighted by atomic mass is 10.1. The Morgan fingerprint density at radius 2 is 1.90 bits per heavy atom. The van der Waals surface area contributed by atoms with E-state index < -0.39 is 11.0 Å². The summed E-state index contributed by atoms with van der Waals surface area (Å²) in [5.41, 5.74) is 3.61. The third-order valence-corrected chi connectivity index (χ3v) is 5.58. The van der Waals surface area contributed by atoms with Gasteiger partial charge >= 0.3 is 0 Å². The number of benzene rings is 1. The van der Waals surface area contributed by atoms with Crippen LogP contribution in [0.15, 0.2) is 45.7 Å². The van der Waals surface area contributed by atoms with Crippen molar-refractivity contribution in [3.05, 3.63) is 52.4 Å². The van der Waals surface area contributed by atoms with Gasteiger partial charge in [-0.15, -0.1) is 0 Å². The maximum Gasteiger partial charge on any atom is 0.144 e. The first-order valence-corrected chi connectivity index (χ1v) is 8.94. The van der Waals surface area contributed by atoms with Crippen molar-refractivity contribution >= 4 is 33.9 Å². The molecule has 0 spiro atoms. The fourth-order valence-electron chi connectivity index (χ4n) is 1.84. The standard InChI is InChI=1S/C17H21NOS2/c1-13-6-5-11-20-16(13)15-9-7-14(8-10-15)12-18-21(19)17(2,3)4/h5,7-12H,6H2,1-4H3/b18-12+. The Morgan fingerprint density at radius 3 is 2.48 bits per heavy atom. The number of nitrogens with zero attached hydrogens (tertiary/aromatic N) is 1. The predicted molar refractivity (Wildman–Crippen MR) is 95.9 cm³/mol. The number of allylic oxidation sites excluding steroid dienone is 2. The van der Waals surface area contributed by atoms with Gasteiger partial charge in [0.05, 0.1) is 4.75 Å². The molecule has 0 saturated carbocycles. The molecule has 0 aromatic heterocycles. The fraction of sp³-hybridized carbons (Fsp3) is 0.353. The van der Waals surface area contributed by atoms with Gasteiger partial charge in [-0.25, -0.2) is 4.21 Å². The van der Waals surface area contributed by atoms with E-state index in [0.29, 0.717) is 0 Å². The molecule has 1 heterocycles. The monoisotopic (exact) mass is 319 g/mol. The average molecular weight is 319 g/mol. The molecule has 0 bridgehead atoms. The third kappa shape index (κ3) is 4.42. The van der Waals surface area contributed by atoms with Crippen LogP contribution in [-0.2, 0) is 11.0 Å². The lowest BCUT2D eigenvalue weighted by molar-refractivity contribution is 0.651.